The minimum absolute atomic E-state index is 0.0378. The quantitative estimate of drug-likeness (QED) is 0.245. The number of phenols is 1. The van der Waals surface area contributed by atoms with Crippen LogP contribution in [0, 0.1) is 0 Å². The number of aromatic hydroxyl groups is 1. The van der Waals surface area contributed by atoms with Gasteiger partial charge >= 0.3 is 17.9 Å². The van der Waals surface area contributed by atoms with Crippen LogP contribution in [0.1, 0.15) is 48.4 Å². The maximum absolute atomic E-state index is 13.7. The Morgan fingerprint density at radius 1 is 1.19 bits per heavy atom. The van der Waals surface area contributed by atoms with E-state index in [1.165, 1.54) is 4.57 Å². The summed E-state index contributed by atoms with van der Waals surface area (Å²) in [5, 5.41) is 22.1. The number of rotatable bonds is 9. The Morgan fingerprint density at radius 3 is 2.64 bits per heavy atom. The zero-order valence-electron chi connectivity index (χ0n) is 23.4. The van der Waals surface area contributed by atoms with Gasteiger partial charge < -0.3 is 34.5 Å². The molecule has 0 bridgehead atoms. The van der Waals surface area contributed by atoms with Gasteiger partial charge in [0.05, 0.1) is 35.4 Å². The lowest BCUT2D eigenvalue weighted by Crippen LogP contribution is -2.47. The summed E-state index contributed by atoms with van der Waals surface area (Å²) in [6.45, 7) is 1.43. The summed E-state index contributed by atoms with van der Waals surface area (Å²) >= 11 is 0. The summed E-state index contributed by atoms with van der Waals surface area (Å²) in [5.41, 5.74) is 1.14. The number of phenolic OH excluding ortho intramolecular Hbond substituents is 1. The molecule has 1 amide bonds. The van der Waals surface area contributed by atoms with Gasteiger partial charge in [0, 0.05) is 35.0 Å². The number of carbonyl (C=O) groups excluding carboxylic acids is 3. The van der Waals surface area contributed by atoms with E-state index in [0.29, 0.717) is 29.0 Å². The Morgan fingerprint density at radius 2 is 1.95 bits per heavy atom. The van der Waals surface area contributed by atoms with E-state index in [-0.39, 0.29) is 42.9 Å². The number of aliphatic carboxylic acids is 1. The van der Waals surface area contributed by atoms with E-state index in [0.717, 1.165) is 10.9 Å². The summed E-state index contributed by atoms with van der Waals surface area (Å²) in [6.07, 6.45) is -0.807. The fourth-order valence-electron chi connectivity index (χ4n) is 5.46. The molecule has 0 aliphatic carbocycles. The van der Waals surface area contributed by atoms with Crippen LogP contribution in [0.2, 0.25) is 0 Å². The normalized spacial score (nSPS) is 16.9. The van der Waals surface area contributed by atoms with Gasteiger partial charge in [0.15, 0.2) is 0 Å². The highest BCUT2D eigenvalue weighted by atomic mass is 16.6. The molecule has 0 radical (unpaired) electrons. The first-order valence-electron chi connectivity index (χ1n) is 13.4. The molecule has 3 N–H and O–H groups in total. The van der Waals surface area contributed by atoms with Gasteiger partial charge in [-0.25, -0.2) is 9.78 Å². The number of hydrogen-bond donors (Lipinski definition) is 3. The standard InChI is InChI=1S/C29H30N4O9/c1-4-29(42-25(38)8-7-23(35)30-11-24(36)37)19-10-21-26-15(12-33(21)27(39)18(19)14-41-28(29)40)9-16-17(13-32(2)3)22(34)6-5-20(16)31-26/h5-6,9-10,34H,4,7-8,11-14H2,1-3H3,(H,30,35)(H,36,37)/t29-/m0/s1. The molecule has 0 spiro atoms. The lowest BCUT2D eigenvalue weighted by molar-refractivity contribution is -0.189. The predicted octanol–water partition coefficient (Wildman–Crippen LogP) is 1.38. The molecule has 2 aliphatic heterocycles. The first kappa shape index (κ1) is 28.7. The topological polar surface area (TPSA) is 177 Å². The molecular weight excluding hydrogens is 548 g/mol. The molecule has 2 aromatic heterocycles. The largest absolute Gasteiger partial charge is 0.508 e. The number of amides is 1. The van der Waals surface area contributed by atoms with Gasteiger partial charge in [-0.2, -0.15) is 0 Å². The molecule has 4 heterocycles. The van der Waals surface area contributed by atoms with Crippen molar-refractivity contribution in [2.75, 3.05) is 20.6 Å². The van der Waals surface area contributed by atoms with E-state index in [9.17, 15) is 29.1 Å². The van der Waals surface area contributed by atoms with E-state index in [4.69, 9.17) is 19.6 Å². The van der Waals surface area contributed by atoms with Crippen LogP contribution in [-0.2, 0) is 53.9 Å². The maximum Gasteiger partial charge on any atom is 0.355 e. The highest BCUT2D eigenvalue weighted by Gasteiger charge is 2.50. The van der Waals surface area contributed by atoms with Crippen molar-refractivity contribution in [3.63, 3.8) is 0 Å². The zero-order valence-corrected chi connectivity index (χ0v) is 23.4. The van der Waals surface area contributed by atoms with Crippen molar-refractivity contribution in [2.45, 2.75) is 51.5 Å². The molecule has 13 nitrogen and oxygen atoms in total. The van der Waals surface area contributed by atoms with Crippen molar-refractivity contribution in [3.8, 4) is 17.1 Å². The van der Waals surface area contributed by atoms with Crippen LogP contribution in [0.3, 0.4) is 0 Å². The van der Waals surface area contributed by atoms with Crippen LogP contribution in [0.25, 0.3) is 22.3 Å². The van der Waals surface area contributed by atoms with E-state index in [2.05, 4.69) is 5.32 Å². The average Bonchev–Trinajstić information content (AvgIpc) is 3.30. The Kier molecular flexibility index (Phi) is 7.45. The summed E-state index contributed by atoms with van der Waals surface area (Å²) in [5.74, 6) is -3.47. The summed E-state index contributed by atoms with van der Waals surface area (Å²) < 4.78 is 12.5. The second kappa shape index (κ2) is 10.9. The van der Waals surface area contributed by atoms with Crippen molar-refractivity contribution in [1.82, 2.24) is 19.8 Å². The predicted molar refractivity (Wildman–Crippen MR) is 147 cm³/mol. The van der Waals surface area contributed by atoms with Crippen LogP contribution in [0.4, 0.5) is 0 Å². The Labute approximate surface area is 239 Å². The maximum atomic E-state index is 13.7. The van der Waals surface area contributed by atoms with Gasteiger partial charge in [-0.05, 0) is 44.8 Å². The van der Waals surface area contributed by atoms with Crippen LogP contribution in [0.5, 0.6) is 5.75 Å². The second-order valence-corrected chi connectivity index (χ2v) is 10.6. The Hall–Kier alpha value is -4.78. The number of hydrogen-bond acceptors (Lipinski definition) is 10. The smallest absolute Gasteiger partial charge is 0.355 e. The number of cyclic esters (lactones) is 1. The highest BCUT2D eigenvalue weighted by molar-refractivity contribution is 5.90. The molecule has 3 aromatic rings. The highest BCUT2D eigenvalue weighted by Crippen LogP contribution is 2.41. The SMILES string of the molecule is CC[C@@]1(OC(=O)CCC(=O)NCC(=O)O)C(=O)OCc2c1cc1n(c2=O)Cc2cc3c(CN(C)C)c(O)ccc3nc2-1. The molecule has 2 aliphatic rings. The number of carboxylic acids is 1. The minimum Gasteiger partial charge on any atom is -0.508 e. The summed E-state index contributed by atoms with van der Waals surface area (Å²) in [7, 11) is 3.78. The van der Waals surface area contributed by atoms with Gasteiger partial charge in [-0.3, -0.25) is 19.2 Å². The van der Waals surface area contributed by atoms with Crippen molar-refractivity contribution in [2.24, 2.45) is 0 Å². The molecule has 1 atom stereocenters. The van der Waals surface area contributed by atoms with Crippen LogP contribution in [-0.4, -0.2) is 69.1 Å². The third-order valence-corrected chi connectivity index (χ3v) is 7.50. The third-order valence-electron chi connectivity index (χ3n) is 7.50. The number of esters is 2. The lowest BCUT2D eigenvalue weighted by atomic mass is 9.85. The van der Waals surface area contributed by atoms with Crippen LogP contribution >= 0.6 is 0 Å². The van der Waals surface area contributed by atoms with Crippen molar-refractivity contribution in [1.29, 1.82) is 0 Å². The van der Waals surface area contributed by atoms with Crippen molar-refractivity contribution in [3.05, 3.63) is 56.9 Å². The van der Waals surface area contributed by atoms with E-state index in [1.807, 2.05) is 25.1 Å². The first-order valence-corrected chi connectivity index (χ1v) is 13.4. The summed E-state index contributed by atoms with van der Waals surface area (Å²) in [6, 6.07) is 6.82. The number of nitrogens with one attached hydrogen (secondary N) is 1. The van der Waals surface area contributed by atoms with Gasteiger partial charge in [-0.15, -0.1) is 0 Å². The van der Waals surface area contributed by atoms with Gasteiger partial charge in [0.2, 0.25) is 11.5 Å². The van der Waals surface area contributed by atoms with E-state index < -0.39 is 47.9 Å². The van der Waals surface area contributed by atoms with Gasteiger partial charge in [-0.1, -0.05) is 6.92 Å². The molecule has 0 saturated heterocycles. The molecule has 1 aromatic carbocycles. The molecule has 5 rings (SSSR count). The molecule has 0 saturated carbocycles. The lowest BCUT2D eigenvalue weighted by Gasteiger charge is -2.35. The fraction of sp³-hybridized carbons (Fsp3) is 0.379. The van der Waals surface area contributed by atoms with Crippen LogP contribution < -0.4 is 10.9 Å². The Bertz CT molecular complexity index is 1710. The molecule has 0 unspecified atom stereocenters. The number of aromatic nitrogens is 2. The average molecular weight is 579 g/mol. The monoisotopic (exact) mass is 578 g/mol. The van der Waals surface area contributed by atoms with Crippen molar-refractivity contribution < 1.29 is 38.9 Å². The van der Waals surface area contributed by atoms with Crippen molar-refractivity contribution >= 4 is 34.7 Å². The number of carbonyl (C=O) groups is 4. The zero-order chi connectivity index (χ0) is 30.3. The van der Waals surface area contributed by atoms with Gasteiger partial charge in [0.1, 0.15) is 18.9 Å². The van der Waals surface area contributed by atoms with E-state index >= 15 is 0 Å². The number of pyridine rings is 2. The molecule has 13 heteroatoms. The molecule has 0 fully saturated rings. The first-order chi connectivity index (χ1) is 19.9. The molecular formula is C29H30N4O9. The molecule has 42 heavy (non-hydrogen) atoms. The Balaban J connectivity index is 1.53. The minimum atomic E-state index is -1.92. The molecule has 220 valence electrons. The van der Waals surface area contributed by atoms with E-state index in [1.54, 1.807) is 25.1 Å². The number of nitrogens with zero attached hydrogens (tertiary/aromatic N) is 3. The number of carboxylic acid groups (broad SMARTS) is 1. The van der Waals surface area contributed by atoms with Crippen LogP contribution in [0.15, 0.2) is 29.1 Å². The number of ether oxygens (including phenoxy) is 2. The number of benzene rings is 1. The van der Waals surface area contributed by atoms with Gasteiger partial charge in [0.25, 0.3) is 5.56 Å². The summed E-state index contributed by atoms with van der Waals surface area (Å²) in [4.78, 5) is 69.0. The number of fused-ring (bicyclic) bond motifs is 5. The second-order valence-electron chi connectivity index (χ2n) is 10.6. The fourth-order valence-corrected chi connectivity index (χ4v) is 5.46. The third kappa shape index (κ3) is 4.96.